The summed E-state index contributed by atoms with van der Waals surface area (Å²) in [7, 11) is 0. The minimum atomic E-state index is -0.990. The quantitative estimate of drug-likeness (QED) is 0.230. The van der Waals surface area contributed by atoms with Crippen molar-refractivity contribution in [2.45, 2.75) is 112 Å². The van der Waals surface area contributed by atoms with Gasteiger partial charge in [0.1, 0.15) is 0 Å². The number of esters is 1. The first-order valence-corrected chi connectivity index (χ1v) is 17.6. The van der Waals surface area contributed by atoms with Gasteiger partial charge in [0, 0.05) is 0 Å². The van der Waals surface area contributed by atoms with Gasteiger partial charge in [-0.1, -0.05) is 53.2 Å². The molecule has 10 atom stereocenters. The number of fused-ring (bicyclic) bond motifs is 5. The smallest absolute Gasteiger partial charge is 0.338 e. The molecule has 43 heavy (non-hydrogen) atoms. The maximum atomic E-state index is 12.7. The Morgan fingerprint density at radius 1 is 0.977 bits per heavy atom. The van der Waals surface area contributed by atoms with Crippen LogP contribution in [-0.4, -0.2) is 23.7 Å². The Bertz CT molecular complexity index is 1250. The van der Waals surface area contributed by atoms with Crippen molar-refractivity contribution < 1.29 is 19.4 Å². The molecule has 4 fully saturated rings. The minimum absolute atomic E-state index is 0.180. The molecule has 0 radical (unpaired) electrons. The first-order chi connectivity index (χ1) is 20.4. The van der Waals surface area contributed by atoms with Crippen LogP contribution < -0.4 is 0 Å². The molecule has 236 valence electrons. The van der Waals surface area contributed by atoms with E-state index in [1.807, 2.05) is 0 Å². The summed E-state index contributed by atoms with van der Waals surface area (Å²) in [5.41, 5.74) is 3.68. The van der Waals surface area contributed by atoms with E-state index in [-0.39, 0.29) is 11.5 Å². The zero-order valence-electron chi connectivity index (χ0n) is 27.7. The van der Waals surface area contributed by atoms with Gasteiger partial charge in [0.2, 0.25) is 0 Å². The molecule has 0 amide bonds. The Hall–Kier alpha value is -2.10. The van der Waals surface area contributed by atoms with Crippen LogP contribution in [0.5, 0.6) is 0 Å². The summed E-state index contributed by atoms with van der Waals surface area (Å²) >= 11 is 0. The summed E-state index contributed by atoms with van der Waals surface area (Å²) in [4.78, 5) is 23.8. The molecule has 0 aliphatic heterocycles. The van der Waals surface area contributed by atoms with Crippen molar-refractivity contribution in [3.63, 3.8) is 0 Å². The van der Waals surface area contributed by atoms with Gasteiger partial charge in [-0.2, -0.15) is 0 Å². The number of hydrogen-bond acceptors (Lipinski definition) is 3. The monoisotopic (exact) mass is 588 g/mol. The van der Waals surface area contributed by atoms with Crippen LogP contribution in [0.3, 0.4) is 0 Å². The number of aromatic carboxylic acids is 1. The summed E-state index contributed by atoms with van der Waals surface area (Å²) in [5.74, 6) is 5.00. The van der Waals surface area contributed by atoms with E-state index in [1.54, 1.807) is 17.7 Å². The van der Waals surface area contributed by atoms with E-state index in [1.165, 1.54) is 69.9 Å². The van der Waals surface area contributed by atoms with Crippen molar-refractivity contribution in [2.75, 3.05) is 6.61 Å². The summed E-state index contributed by atoms with van der Waals surface area (Å²) in [6, 6.07) is 6.03. The number of ether oxygens (including phenoxy) is 1. The molecule has 1 aromatic rings. The molecule has 0 spiro atoms. The van der Waals surface area contributed by atoms with Crippen molar-refractivity contribution in [3.05, 3.63) is 47.0 Å². The topological polar surface area (TPSA) is 63.6 Å². The van der Waals surface area contributed by atoms with E-state index < -0.39 is 5.97 Å². The molecular weight excluding hydrogens is 532 g/mol. The number of allylic oxidation sites excluding steroid dienone is 2. The minimum Gasteiger partial charge on any atom is -0.478 e. The highest BCUT2D eigenvalue weighted by molar-refractivity contribution is 5.92. The average Bonchev–Trinajstić information content (AvgIpc) is 3.52. The van der Waals surface area contributed by atoms with Crippen LogP contribution in [0, 0.1) is 63.6 Å². The second-order valence-corrected chi connectivity index (χ2v) is 16.6. The standard InChI is InChI=1S/C39H56O4/c1-24(2)39(22-26(39)4)20-15-25(3)32-13-14-33-31-12-11-30-21-27(16-18-37(30,5)34(31)17-19-38(32,33)6)23-43-36(42)29-9-7-28(8-10-29)35(40)41/h7-11,24-27,31-34H,12-23H2,1-6H3,(H,40,41)/t25-,26-,27+,31+,32-,33+,34+,37+,38-,39?/m1/s1. The molecule has 4 nitrogen and oxygen atoms in total. The van der Waals surface area contributed by atoms with E-state index >= 15 is 0 Å². The van der Waals surface area contributed by atoms with Crippen molar-refractivity contribution in [3.8, 4) is 0 Å². The number of rotatable bonds is 9. The molecule has 6 rings (SSSR count). The lowest BCUT2D eigenvalue weighted by atomic mass is 9.46. The number of carbonyl (C=O) groups excluding carboxylic acids is 1. The Morgan fingerprint density at radius 2 is 1.67 bits per heavy atom. The molecule has 1 unspecified atom stereocenters. The van der Waals surface area contributed by atoms with E-state index in [4.69, 9.17) is 9.84 Å². The largest absolute Gasteiger partial charge is 0.478 e. The van der Waals surface area contributed by atoms with Crippen molar-refractivity contribution >= 4 is 11.9 Å². The molecule has 0 heterocycles. The first-order valence-electron chi connectivity index (χ1n) is 17.6. The normalized spacial score (nSPS) is 40.6. The molecule has 1 N–H and O–H groups in total. The van der Waals surface area contributed by atoms with E-state index in [9.17, 15) is 9.59 Å². The lowest BCUT2D eigenvalue weighted by molar-refractivity contribution is -0.0548. The van der Waals surface area contributed by atoms with E-state index in [0.29, 0.717) is 34.3 Å². The van der Waals surface area contributed by atoms with Crippen LogP contribution in [0.1, 0.15) is 133 Å². The molecule has 0 bridgehead atoms. The van der Waals surface area contributed by atoms with Gasteiger partial charge in [0.15, 0.2) is 0 Å². The highest BCUT2D eigenvalue weighted by atomic mass is 16.5. The van der Waals surface area contributed by atoms with Crippen LogP contribution in [-0.2, 0) is 4.74 Å². The molecular formula is C39H56O4. The maximum absolute atomic E-state index is 12.7. The lowest BCUT2D eigenvalue weighted by Gasteiger charge is -2.58. The zero-order chi connectivity index (χ0) is 30.7. The maximum Gasteiger partial charge on any atom is 0.338 e. The van der Waals surface area contributed by atoms with Gasteiger partial charge in [-0.05, 0) is 158 Å². The fraction of sp³-hybridized carbons (Fsp3) is 0.744. The van der Waals surface area contributed by atoms with Crippen LogP contribution in [0.15, 0.2) is 35.9 Å². The third-order valence-electron chi connectivity index (χ3n) is 14.5. The van der Waals surface area contributed by atoms with Gasteiger partial charge in [0.25, 0.3) is 0 Å². The van der Waals surface area contributed by atoms with E-state index in [0.717, 1.165) is 54.3 Å². The predicted octanol–water partition coefficient (Wildman–Crippen LogP) is 9.84. The van der Waals surface area contributed by atoms with Gasteiger partial charge in [-0.15, -0.1) is 0 Å². The Labute approximate surface area is 260 Å². The lowest BCUT2D eigenvalue weighted by Crippen LogP contribution is -2.50. The molecule has 5 aliphatic carbocycles. The van der Waals surface area contributed by atoms with Gasteiger partial charge in [-0.25, -0.2) is 9.59 Å². The molecule has 0 saturated heterocycles. The highest BCUT2D eigenvalue weighted by Crippen LogP contribution is 2.68. The molecule has 4 heteroatoms. The van der Waals surface area contributed by atoms with Crippen LogP contribution in [0.25, 0.3) is 0 Å². The highest BCUT2D eigenvalue weighted by Gasteiger charge is 2.59. The number of hydrogen-bond donors (Lipinski definition) is 1. The zero-order valence-corrected chi connectivity index (χ0v) is 27.7. The second-order valence-electron chi connectivity index (χ2n) is 16.6. The SMILES string of the molecule is CC(C)C1(CC[C@@H](C)[C@H]2CC[C@H]3[C@@H]4CC=C5C[C@@H](COC(=O)c6ccc(C(=O)O)cc6)CC[C@]5(C)[C@H]4CC[C@]23C)C[C@H]1C. The van der Waals surface area contributed by atoms with Gasteiger partial charge in [-0.3, -0.25) is 0 Å². The van der Waals surface area contributed by atoms with Crippen molar-refractivity contribution in [1.29, 1.82) is 0 Å². The van der Waals surface area contributed by atoms with Crippen molar-refractivity contribution in [2.24, 2.45) is 63.6 Å². The first kappa shape index (κ1) is 30.9. The number of carbonyl (C=O) groups is 2. The van der Waals surface area contributed by atoms with E-state index in [2.05, 4.69) is 47.6 Å². The molecule has 0 aromatic heterocycles. The van der Waals surface area contributed by atoms with Crippen molar-refractivity contribution in [1.82, 2.24) is 0 Å². The van der Waals surface area contributed by atoms with Crippen LogP contribution >= 0.6 is 0 Å². The fourth-order valence-corrected chi connectivity index (χ4v) is 11.5. The Kier molecular flexibility index (Phi) is 8.17. The predicted molar refractivity (Wildman–Crippen MR) is 172 cm³/mol. The summed E-state index contributed by atoms with van der Waals surface area (Å²) in [6.45, 7) is 15.7. The van der Waals surface area contributed by atoms with Gasteiger partial charge in [0.05, 0.1) is 17.7 Å². The fourth-order valence-electron chi connectivity index (χ4n) is 11.5. The third-order valence-corrected chi connectivity index (χ3v) is 14.5. The summed E-state index contributed by atoms with van der Waals surface area (Å²) in [6.07, 6.45) is 17.2. The average molecular weight is 589 g/mol. The number of carboxylic acid groups (broad SMARTS) is 1. The summed E-state index contributed by atoms with van der Waals surface area (Å²) in [5, 5.41) is 9.11. The Morgan fingerprint density at radius 3 is 2.33 bits per heavy atom. The second kappa shape index (κ2) is 11.4. The third kappa shape index (κ3) is 5.31. The molecule has 1 aromatic carbocycles. The Balaban J connectivity index is 1.07. The molecule has 5 aliphatic rings. The number of benzene rings is 1. The van der Waals surface area contributed by atoms with Gasteiger partial charge < -0.3 is 9.84 Å². The van der Waals surface area contributed by atoms with Crippen LogP contribution in [0.4, 0.5) is 0 Å². The van der Waals surface area contributed by atoms with Crippen LogP contribution in [0.2, 0.25) is 0 Å². The molecule has 4 saturated carbocycles. The van der Waals surface area contributed by atoms with Gasteiger partial charge >= 0.3 is 11.9 Å². The summed E-state index contributed by atoms with van der Waals surface area (Å²) < 4.78 is 5.74. The number of carboxylic acids is 1.